The van der Waals surface area contributed by atoms with Gasteiger partial charge in [0.15, 0.2) is 5.96 Å². The van der Waals surface area contributed by atoms with E-state index in [-0.39, 0.29) is 29.4 Å². The highest BCUT2D eigenvalue weighted by molar-refractivity contribution is 14.0. The number of imidazole rings is 1. The fourth-order valence-corrected chi connectivity index (χ4v) is 2.71. The number of nitrogens with zero attached hydrogens (tertiary/aromatic N) is 3. The Hall–Kier alpha value is -1.57. The molecule has 0 bridgehead atoms. The van der Waals surface area contributed by atoms with Crippen molar-refractivity contribution in [1.82, 2.24) is 20.2 Å². The molecule has 0 fully saturated rings. The average Bonchev–Trinajstić information content (AvgIpc) is 3.14. The van der Waals surface area contributed by atoms with E-state index in [1.807, 2.05) is 25.8 Å². The molecule has 2 rings (SSSR count). The van der Waals surface area contributed by atoms with E-state index >= 15 is 0 Å². The van der Waals surface area contributed by atoms with Crippen LogP contribution in [0.4, 0.5) is 0 Å². The van der Waals surface area contributed by atoms with Crippen molar-refractivity contribution in [1.29, 1.82) is 0 Å². The van der Waals surface area contributed by atoms with Crippen LogP contribution in [-0.4, -0.2) is 35.6 Å². The maximum atomic E-state index is 4.32. The fourth-order valence-electron chi connectivity index (χ4n) is 2.71. The fraction of sp³-hybridized carbons (Fsp3) is 0.500. The van der Waals surface area contributed by atoms with Crippen molar-refractivity contribution in [2.75, 3.05) is 20.1 Å². The number of hydrogen-bond acceptors (Lipinski definition) is 2. The summed E-state index contributed by atoms with van der Waals surface area (Å²) in [5, 5.41) is 6.83. The van der Waals surface area contributed by atoms with Crippen molar-refractivity contribution in [3.8, 4) is 0 Å². The summed E-state index contributed by atoms with van der Waals surface area (Å²) in [6.45, 7) is 9.37. The van der Waals surface area contributed by atoms with E-state index in [1.54, 1.807) is 0 Å². The van der Waals surface area contributed by atoms with Crippen LogP contribution in [0.2, 0.25) is 0 Å². The summed E-state index contributed by atoms with van der Waals surface area (Å²) in [5.41, 5.74) is 2.76. The molecular formula is C20H32IN5. The molecule has 0 radical (unpaired) electrons. The minimum atomic E-state index is 0. The molecule has 144 valence electrons. The third-order valence-corrected chi connectivity index (χ3v) is 4.51. The summed E-state index contributed by atoms with van der Waals surface area (Å²) in [5.74, 6) is 0.851. The van der Waals surface area contributed by atoms with Gasteiger partial charge in [0.2, 0.25) is 0 Å². The van der Waals surface area contributed by atoms with Gasteiger partial charge in [0.1, 0.15) is 0 Å². The van der Waals surface area contributed by atoms with Gasteiger partial charge in [-0.1, -0.05) is 45.0 Å². The van der Waals surface area contributed by atoms with Crippen LogP contribution < -0.4 is 10.6 Å². The lowest BCUT2D eigenvalue weighted by atomic mass is 9.84. The molecule has 2 N–H and O–H groups in total. The van der Waals surface area contributed by atoms with E-state index in [1.165, 1.54) is 11.1 Å². The predicted octanol–water partition coefficient (Wildman–Crippen LogP) is 3.60. The Labute approximate surface area is 174 Å². The number of halogens is 1. The van der Waals surface area contributed by atoms with Crippen LogP contribution >= 0.6 is 24.0 Å². The van der Waals surface area contributed by atoms with Crippen LogP contribution in [0, 0.1) is 0 Å². The number of rotatable bonds is 8. The molecule has 2 aromatic rings. The topological polar surface area (TPSA) is 54.2 Å². The maximum Gasteiger partial charge on any atom is 0.191 e. The molecule has 0 spiro atoms. The van der Waals surface area contributed by atoms with Gasteiger partial charge >= 0.3 is 0 Å². The SMILES string of the molecule is CCc1ccc(C(C)(C)CNC(=NC)NCCCn2ccnc2)cc1.I. The minimum Gasteiger partial charge on any atom is -0.356 e. The number of aromatic nitrogens is 2. The molecule has 0 unspecified atom stereocenters. The van der Waals surface area contributed by atoms with Crippen LogP contribution in [-0.2, 0) is 18.4 Å². The van der Waals surface area contributed by atoms with Gasteiger partial charge in [-0.05, 0) is 24.0 Å². The second-order valence-electron chi connectivity index (χ2n) is 6.94. The van der Waals surface area contributed by atoms with Crippen LogP contribution in [0.3, 0.4) is 0 Å². The first-order chi connectivity index (χ1) is 12.0. The quantitative estimate of drug-likeness (QED) is 0.269. The Morgan fingerprint density at radius 2 is 1.92 bits per heavy atom. The lowest BCUT2D eigenvalue weighted by molar-refractivity contribution is 0.507. The van der Waals surface area contributed by atoms with E-state index in [2.05, 4.69) is 70.2 Å². The second-order valence-corrected chi connectivity index (χ2v) is 6.94. The van der Waals surface area contributed by atoms with Gasteiger partial charge < -0.3 is 15.2 Å². The number of nitrogens with one attached hydrogen (secondary N) is 2. The molecule has 1 heterocycles. The molecule has 6 heteroatoms. The number of guanidine groups is 1. The van der Waals surface area contributed by atoms with Crippen molar-refractivity contribution in [3.63, 3.8) is 0 Å². The van der Waals surface area contributed by atoms with E-state index < -0.39 is 0 Å². The third kappa shape index (κ3) is 6.97. The first-order valence-corrected chi connectivity index (χ1v) is 9.05. The normalized spacial score (nSPS) is 11.8. The van der Waals surface area contributed by atoms with Gasteiger partial charge in [-0.25, -0.2) is 4.98 Å². The molecule has 0 saturated heterocycles. The summed E-state index contributed by atoms with van der Waals surface area (Å²) in [6, 6.07) is 8.92. The van der Waals surface area contributed by atoms with Gasteiger partial charge in [0.05, 0.1) is 6.33 Å². The van der Waals surface area contributed by atoms with Gasteiger partial charge in [-0.2, -0.15) is 0 Å². The number of aliphatic imine (C=N–C) groups is 1. The highest BCUT2D eigenvalue weighted by atomic mass is 127. The summed E-state index contributed by atoms with van der Waals surface area (Å²) in [4.78, 5) is 8.38. The Morgan fingerprint density at radius 3 is 2.50 bits per heavy atom. The predicted molar refractivity (Wildman–Crippen MR) is 120 cm³/mol. The molecule has 0 amide bonds. The minimum absolute atomic E-state index is 0. The summed E-state index contributed by atoms with van der Waals surface area (Å²) in [7, 11) is 1.81. The standard InChI is InChI=1S/C20H31N5.HI/c1-5-17-7-9-18(10-8-17)20(2,3)15-24-19(21-4)23-11-6-13-25-14-12-22-16-25;/h7-10,12,14,16H,5-6,11,13,15H2,1-4H3,(H2,21,23,24);1H. The van der Waals surface area contributed by atoms with Crippen molar-refractivity contribution in [2.24, 2.45) is 4.99 Å². The Bertz CT molecular complexity index is 647. The third-order valence-electron chi connectivity index (χ3n) is 4.51. The molecule has 5 nitrogen and oxygen atoms in total. The molecular weight excluding hydrogens is 437 g/mol. The molecule has 0 aliphatic heterocycles. The summed E-state index contributed by atoms with van der Waals surface area (Å²) >= 11 is 0. The van der Waals surface area contributed by atoms with Gasteiger partial charge in [-0.15, -0.1) is 24.0 Å². The number of hydrogen-bond donors (Lipinski definition) is 2. The maximum absolute atomic E-state index is 4.32. The van der Waals surface area contributed by atoms with E-state index in [0.717, 1.165) is 38.4 Å². The van der Waals surface area contributed by atoms with Gasteiger partial charge in [0, 0.05) is 44.5 Å². The Kier molecular flexibility index (Phi) is 9.69. The zero-order chi connectivity index (χ0) is 18.1. The monoisotopic (exact) mass is 469 g/mol. The van der Waals surface area contributed by atoms with Crippen LogP contribution in [0.15, 0.2) is 48.0 Å². The molecule has 1 aromatic heterocycles. The highest BCUT2D eigenvalue weighted by Gasteiger charge is 2.20. The molecule has 26 heavy (non-hydrogen) atoms. The Morgan fingerprint density at radius 1 is 1.19 bits per heavy atom. The zero-order valence-corrected chi connectivity index (χ0v) is 18.7. The largest absolute Gasteiger partial charge is 0.356 e. The second kappa shape index (κ2) is 11.2. The lowest BCUT2D eigenvalue weighted by Gasteiger charge is -2.27. The van der Waals surface area contributed by atoms with E-state index in [4.69, 9.17) is 0 Å². The summed E-state index contributed by atoms with van der Waals surface area (Å²) < 4.78 is 2.08. The molecule has 1 aromatic carbocycles. The zero-order valence-electron chi connectivity index (χ0n) is 16.3. The van der Waals surface area contributed by atoms with Crippen LogP contribution in [0.5, 0.6) is 0 Å². The number of benzene rings is 1. The molecule has 0 atom stereocenters. The van der Waals surface area contributed by atoms with E-state index in [9.17, 15) is 0 Å². The van der Waals surface area contributed by atoms with Crippen LogP contribution in [0.1, 0.15) is 38.3 Å². The number of aryl methyl sites for hydroxylation is 2. The van der Waals surface area contributed by atoms with E-state index in [0.29, 0.717) is 0 Å². The molecule has 0 saturated carbocycles. The van der Waals surface area contributed by atoms with Crippen molar-refractivity contribution >= 4 is 29.9 Å². The molecule has 0 aliphatic rings. The lowest BCUT2D eigenvalue weighted by Crippen LogP contribution is -2.43. The first-order valence-electron chi connectivity index (χ1n) is 9.05. The summed E-state index contributed by atoms with van der Waals surface area (Å²) in [6.07, 6.45) is 7.75. The van der Waals surface area contributed by atoms with Crippen molar-refractivity contribution in [3.05, 3.63) is 54.1 Å². The Balaban J connectivity index is 0.00000338. The van der Waals surface area contributed by atoms with Crippen LogP contribution in [0.25, 0.3) is 0 Å². The van der Waals surface area contributed by atoms with Crippen molar-refractivity contribution in [2.45, 2.75) is 45.6 Å². The van der Waals surface area contributed by atoms with Gasteiger partial charge in [0.25, 0.3) is 0 Å². The first kappa shape index (κ1) is 22.5. The smallest absolute Gasteiger partial charge is 0.191 e. The highest BCUT2D eigenvalue weighted by Crippen LogP contribution is 2.22. The van der Waals surface area contributed by atoms with Crippen molar-refractivity contribution < 1.29 is 0 Å². The van der Waals surface area contributed by atoms with Gasteiger partial charge in [-0.3, -0.25) is 4.99 Å². The molecule has 0 aliphatic carbocycles. The average molecular weight is 469 g/mol.